The fourth-order valence-corrected chi connectivity index (χ4v) is 4.47. The summed E-state index contributed by atoms with van der Waals surface area (Å²) in [5.41, 5.74) is 1.20. The molecule has 34 heavy (non-hydrogen) atoms. The second kappa shape index (κ2) is 11.5. The van der Waals surface area contributed by atoms with Crippen molar-refractivity contribution < 1.29 is 37.3 Å². The molecule has 0 fully saturated rings. The third kappa shape index (κ3) is 7.05. The fourth-order valence-electron chi connectivity index (χ4n) is 3.51. The van der Waals surface area contributed by atoms with Crippen LogP contribution in [0.15, 0.2) is 17.4 Å². The molecule has 0 atom stereocenters. The number of ether oxygens (including phenoxy) is 2. The Balaban J connectivity index is 1.63. The van der Waals surface area contributed by atoms with Gasteiger partial charge in [0.1, 0.15) is 0 Å². The van der Waals surface area contributed by atoms with Gasteiger partial charge in [-0.1, -0.05) is 11.8 Å². The maximum absolute atomic E-state index is 13.4. The summed E-state index contributed by atoms with van der Waals surface area (Å²) in [6.07, 6.45) is -0.292. The van der Waals surface area contributed by atoms with E-state index in [9.17, 15) is 22.8 Å². The number of pyridine rings is 1. The van der Waals surface area contributed by atoms with E-state index in [1.807, 2.05) is 0 Å². The Hall–Kier alpha value is -2.89. The van der Waals surface area contributed by atoms with Crippen LogP contribution in [0.2, 0.25) is 0 Å². The Morgan fingerprint density at radius 3 is 2.68 bits per heavy atom. The van der Waals surface area contributed by atoms with Crippen molar-refractivity contribution in [1.29, 1.82) is 0 Å². The van der Waals surface area contributed by atoms with Crippen LogP contribution in [0.4, 0.5) is 13.2 Å². The number of aromatic nitrogens is 3. The second-order valence-electron chi connectivity index (χ2n) is 7.68. The summed E-state index contributed by atoms with van der Waals surface area (Å²) in [7, 11) is 0. The number of thioether (sulfide) groups is 1. The maximum Gasteiger partial charge on any atom is 0.416 e. The number of esters is 1. The van der Waals surface area contributed by atoms with Crippen molar-refractivity contribution in [2.75, 3.05) is 6.79 Å². The Morgan fingerprint density at radius 1 is 1.18 bits per heavy atom. The van der Waals surface area contributed by atoms with Gasteiger partial charge < -0.3 is 14.6 Å². The smallest absolute Gasteiger partial charge is 0.416 e. The fraction of sp³-hybridized carbons (Fsp3) is 0.500. The molecule has 0 radical (unpaired) electrons. The Bertz CT molecular complexity index is 1050. The molecule has 3 rings (SSSR count). The van der Waals surface area contributed by atoms with Crippen LogP contribution >= 0.6 is 11.8 Å². The van der Waals surface area contributed by atoms with Crippen molar-refractivity contribution in [1.82, 2.24) is 15.0 Å². The first kappa shape index (κ1) is 25.7. The van der Waals surface area contributed by atoms with Gasteiger partial charge in [0.15, 0.2) is 5.16 Å². The van der Waals surface area contributed by atoms with Gasteiger partial charge in [-0.25, -0.2) is 4.98 Å². The van der Waals surface area contributed by atoms with Gasteiger partial charge in [-0.15, -0.1) is 0 Å². The van der Waals surface area contributed by atoms with Gasteiger partial charge in [0, 0.05) is 36.0 Å². The number of alkyl halides is 3. The van der Waals surface area contributed by atoms with E-state index >= 15 is 0 Å². The second-order valence-corrected chi connectivity index (χ2v) is 8.62. The van der Waals surface area contributed by atoms with Gasteiger partial charge in [-0.05, 0) is 50.7 Å². The minimum absolute atomic E-state index is 0.0136. The van der Waals surface area contributed by atoms with Crippen molar-refractivity contribution >= 4 is 23.7 Å². The molecule has 0 aromatic carbocycles. The standard InChI is InChI=1S/C22H24F3N3O5S/c1-13-15(16(9-10-26-13)22(23,24)25)11-34-21-27-17-6-4-5-14(17)20(28-21)33-12-32-19(31)8-3-2-7-18(29)30/h9-10H,2-8,11-12H2,1H3,(H,29,30). The molecule has 0 amide bonds. The number of nitrogens with zero attached hydrogens (tertiary/aromatic N) is 3. The van der Waals surface area contributed by atoms with E-state index in [-0.39, 0.29) is 47.7 Å². The topological polar surface area (TPSA) is 112 Å². The number of aliphatic carboxylic acids is 1. The summed E-state index contributed by atoms with van der Waals surface area (Å²) >= 11 is 1.06. The molecule has 8 nitrogen and oxygen atoms in total. The van der Waals surface area contributed by atoms with E-state index in [0.717, 1.165) is 41.7 Å². The van der Waals surface area contributed by atoms with Crippen LogP contribution in [0, 0.1) is 6.92 Å². The molecule has 0 bridgehead atoms. The number of carboxylic acid groups (broad SMARTS) is 1. The minimum atomic E-state index is -4.49. The van der Waals surface area contributed by atoms with Gasteiger partial charge in [0.05, 0.1) is 11.3 Å². The molecule has 184 valence electrons. The molecule has 0 unspecified atom stereocenters. The van der Waals surface area contributed by atoms with Crippen molar-refractivity contribution in [3.05, 3.63) is 40.3 Å². The zero-order chi connectivity index (χ0) is 24.7. The van der Waals surface area contributed by atoms with Gasteiger partial charge in [0.2, 0.25) is 12.7 Å². The van der Waals surface area contributed by atoms with E-state index in [0.29, 0.717) is 25.7 Å². The molecule has 0 aliphatic heterocycles. The van der Waals surface area contributed by atoms with Crippen molar-refractivity contribution in [2.24, 2.45) is 0 Å². The van der Waals surface area contributed by atoms with Crippen molar-refractivity contribution in [3.63, 3.8) is 0 Å². The first-order valence-corrected chi connectivity index (χ1v) is 11.7. The molecule has 0 saturated carbocycles. The highest BCUT2D eigenvalue weighted by Crippen LogP contribution is 2.36. The van der Waals surface area contributed by atoms with E-state index in [2.05, 4.69) is 15.0 Å². The van der Waals surface area contributed by atoms with E-state index in [4.69, 9.17) is 14.6 Å². The van der Waals surface area contributed by atoms with Gasteiger partial charge in [-0.2, -0.15) is 18.2 Å². The predicted octanol–water partition coefficient (Wildman–Crippen LogP) is 4.50. The lowest BCUT2D eigenvalue weighted by atomic mass is 10.1. The van der Waals surface area contributed by atoms with Crippen LogP contribution in [0.25, 0.3) is 0 Å². The molecule has 0 spiro atoms. The van der Waals surface area contributed by atoms with Crippen LogP contribution in [0.1, 0.15) is 60.2 Å². The molecule has 1 aliphatic carbocycles. The molecule has 1 N–H and O–H groups in total. The summed E-state index contributed by atoms with van der Waals surface area (Å²) in [6, 6.07) is 0.955. The minimum Gasteiger partial charge on any atom is -0.481 e. The van der Waals surface area contributed by atoms with Crippen LogP contribution < -0.4 is 4.74 Å². The molecular formula is C22H24F3N3O5S. The molecule has 2 aromatic heterocycles. The molecule has 2 aromatic rings. The van der Waals surface area contributed by atoms with Crippen molar-refractivity contribution in [3.8, 4) is 5.88 Å². The number of aryl methyl sites for hydroxylation is 2. The number of rotatable bonds is 11. The molecule has 12 heteroatoms. The van der Waals surface area contributed by atoms with Gasteiger partial charge in [0.25, 0.3) is 0 Å². The first-order chi connectivity index (χ1) is 16.1. The summed E-state index contributed by atoms with van der Waals surface area (Å²) in [6.45, 7) is 1.16. The number of carbonyl (C=O) groups is 2. The SMILES string of the molecule is Cc1nccc(C(F)(F)F)c1CSc1nc2c(c(OCOC(=O)CCCCC(=O)O)n1)CCC2. The molecule has 1 aliphatic rings. The number of unbranched alkanes of at least 4 members (excludes halogenated alkanes) is 1. The molecule has 0 saturated heterocycles. The van der Waals surface area contributed by atoms with Crippen LogP contribution in [0.3, 0.4) is 0 Å². The Morgan fingerprint density at radius 2 is 1.94 bits per heavy atom. The summed E-state index contributed by atoms with van der Waals surface area (Å²) in [5.74, 6) is -1.20. The monoisotopic (exact) mass is 499 g/mol. The highest BCUT2D eigenvalue weighted by molar-refractivity contribution is 7.98. The highest BCUT2D eigenvalue weighted by Gasteiger charge is 2.34. The first-order valence-electron chi connectivity index (χ1n) is 10.7. The van der Waals surface area contributed by atoms with Crippen LogP contribution in [-0.4, -0.2) is 38.8 Å². The predicted molar refractivity (Wildman–Crippen MR) is 115 cm³/mol. The normalized spacial score (nSPS) is 12.9. The van der Waals surface area contributed by atoms with Crippen molar-refractivity contribution in [2.45, 2.75) is 69.0 Å². The van der Waals surface area contributed by atoms with E-state index in [1.54, 1.807) is 0 Å². The average molecular weight is 500 g/mol. The van der Waals surface area contributed by atoms with E-state index < -0.39 is 23.7 Å². The number of fused-ring (bicyclic) bond motifs is 1. The lowest BCUT2D eigenvalue weighted by molar-refractivity contribution is -0.150. The highest BCUT2D eigenvalue weighted by atomic mass is 32.2. The summed E-state index contributed by atoms with van der Waals surface area (Å²) in [4.78, 5) is 35.1. The number of carboxylic acids is 1. The lowest BCUT2D eigenvalue weighted by Gasteiger charge is -2.15. The third-order valence-corrected chi connectivity index (χ3v) is 6.11. The zero-order valence-electron chi connectivity index (χ0n) is 18.5. The Kier molecular flexibility index (Phi) is 8.70. The van der Waals surface area contributed by atoms with Gasteiger partial charge >= 0.3 is 18.1 Å². The van der Waals surface area contributed by atoms with Crippen LogP contribution in [0.5, 0.6) is 5.88 Å². The molecule has 2 heterocycles. The van der Waals surface area contributed by atoms with E-state index in [1.165, 1.54) is 6.92 Å². The maximum atomic E-state index is 13.4. The van der Waals surface area contributed by atoms with Gasteiger partial charge in [-0.3, -0.25) is 14.6 Å². The number of carbonyl (C=O) groups excluding carboxylic acids is 1. The number of hydrogen-bond acceptors (Lipinski definition) is 8. The summed E-state index contributed by atoms with van der Waals surface area (Å²) < 4.78 is 50.7. The number of hydrogen-bond donors (Lipinski definition) is 1. The quantitative estimate of drug-likeness (QED) is 0.157. The summed E-state index contributed by atoms with van der Waals surface area (Å²) in [5, 5.41) is 8.88. The lowest BCUT2D eigenvalue weighted by Crippen LogP contribution is -2.13. The zero-order valence-corrected chi connectivity index (χ0v) is 19.3. The number of halogens is 3. The third-order valence-electron chi connectivity index (χ3n) is 5.23. The van der Waals surface area contributed by atoms with Crippen LogP contribution in [-0.2, 0) is 39.1 Å². The largest absolute Gasteiger partial charge is 0.481 e. The Labute approximate surface area is 198 Å². The average Bonchev–Trinajstić information content (AvgIpc) is 3.24. The molecular weight excluding hydrogens is 475 g/mol.